The Bertz CT molecular complexity index is 1460. The number of ether oxygens (including phenoxy) is 1. The first-order valence-electron chi connectivity index (χ1n) is 10.5. The van der Waals surface area contributed by atoms with E-state index in [0.29, 0.717) is 34.6 Å². The highest BCUT2D eigenvalue weighted by Crippen LogP contribution is 2.42. The number of hydrogen-bond donors (Lipinski definition) is 0. The minimum absolute atomic E-state index is 0.0710. The van der Waals surface area contributed by atoms with Crippen LogP contribution in [0.25, 0.3) is 11.0 Å². The van der Waals surface area contributed by atoms with E-state index >= 15 is 0 Å². The van der Waals surface area contributed by atoms with Gasteiger partial charge in [-0.25, -0.2) is 0 Å². The molecule has 3 aromatic carbocycles. The molecule has 0 fully saturated rings. The van der Waals surface area contributed by atoms with Crippen molar-refractivity contribution in [3.63, 3.8) is 0 Å². The summed E-state index contributed by atoms with van der Waals surface area (Å²) in [5, 5.41) is 0.461. The lowest BCUT2D eigenvalue weighted by molar-refractivity contribution is 0.0971. The third kappa shape index (κ3) is 3.66. The fourth-order valence-corrected chi connectivity index (χ4v) is 4.46. The molecule has 0 saturated carbocycles. The van der Waals surface area contributed by atoms with Crippen LogP contribution in [-0.4, -0.2) is 12.5 Å². The Balaban J connectivity index is 1.76. The molecule has 4 aromatic rings. The molecule has 0 bridgehead atoms. The summed E-state index contributed by atoms with van der Waals surface area (Å²) in [6.45, 7) is 5.96. The van der Waals surface area contributed by atoms with E-state index in [1.165, 1.54) is 0 Å². The van der Waals surface area contributed by atoms with Gasteiger partial charge in [-0.05, 0) is 61.0 Å². The molecular formula is C27H20BrNO4. The summed E-state index contributed by atoms with van der Waals surface area (Å²) in [7, 11) is 0. The number of rotatable bonds is 5. The quantitative estimate of drug-likeness (QED) is 0.306. The van der Waals surface area contributed by atoms with Crippen LogP contribution in [0.5, 0.6) is 5.75 Å². The molecule has 1 amide bonds. The van der Waals surface area contributed by atoms with Crippen LogP contribution in [0.3, 0.4) is 0 Å². The number of halogens is 1. The van der Waals surface area contributed by atoms with Gasteiger partial charge in [0.1, 0.15) is 17.9 Å². The first kappa shape index (κ1) is 21.2. The standard InChI is InChI=1S/C27H20BrNO4/c1-3-13-32-20-6-4-5-17(15-20)24-23-25(30)21-14-16(2)7-12-22(21)33-26(23)27(31)29(24)19-10-8-18(28)9-11-19/h3-12,14-15,24H,1,13H2,2H3. The second-order valence-corrected chi connectivity index (χ2v) is 8.82. The Kier molecular flexibility index (Phi) is 5.38. The second kappa shape index (κ2) is 8.37. The van der Waals surface area contributed by atoms with Crippen LogP contribution in [0.15, 0.2) is 93.1 Å². The van der Waals surface area contributed by atoms with Gasteiger partial charge in [0.2, 0.25) is 5.76 Å². The zero-order valence-electron chi connectivity index (χ0n) is 17.9. The molecular weight excluding hydrogens is 482 g/mol. The number of anilines is 1. The molecule has 0 saturated heterocycles. The molecule has 1 unspecified atom stereocenters. The van der Waals surface area contributed by atoms with Crippen LogP contribution in [-0.2, 0) is 0 Å². The normalized spacial score (nSPS) is 15.0. The van der Waals surface area contributed by atoms with E-state index in [4.69, 9.17) is 9.15 Å². The van der Waals surface area contributed by atoms with Crippen molar-refractivity contribution >= 4 is 38.5 Å². The van der Waals surface area contributed by atoms with Crippen LogP contribution in [0.1, 0.15) is 33.3 Å². The summed E-state index contributed by atoms with van der Waals surface area (Å²) in [6, 6.07) is 19.6. The molecule has 1 aromatic heterocycles. The number of hydrogen-bond acceptors (Lipinski definition) is 4. The maximum Gasteiger partial charge on any atom is 0.295 e. The van der Waals surface area contributed by atoms with Gasteiger partial charge in [0.25, 0.3) is 5.91 Å². The molecule has 2 heterocycles. The average Bonchev–Trinajstić information content (AvgIpc) is 3.11. The summed E-state index contributed by atoms with van der Waals surface area (Å²) in [4.78, 5) is 28.9. The SMILES string of the molecule is C=CCOc1cccc(C2c3c(oc4ccc(C)cc4c3=O)C(=O)N2c2ccc(Br)cc2)c1. The Morgan fingerprint density at radius 2 is 1.88 bits per heavy atom. The van der Waals surface area contributed by atoms with E-state index in [9.17, 15) is 9.59 Å². The summed E-state index contributed by atoms with van der Waals surface area (Å²) in [5.74, 6) is 0.348. The lowest BCUT2D eigenvalue weighted by Crippen LogP contribution is -2.29. The molecule has 5 rings (SSSR count). The van der Waals surface area contributed by atoms with Crippen molar-refractivity contribution in [1.82, 2.24) is 0 Å². The lowest BCUT2D eigenvalue weighted by Gasteiger charge is -2.25. The Morgan fingerprint density at radius 3 is 2.64 bits per heavy atom. The van der Waals surface area contributed by atoms with Crippen LogP contribution >= 0.6 is 15.9 Å². The van der Waals surface area contributed by atoms with Crippen LogP contribution in [0.2, 0.25) is 0 Å². The van der Waals surface area contributed by atoms with Gasteiger partial charge in [0.15, 0.2) is 5.43 Å². The Morgan fingerprint density at radius 1 is 1.09 bits per heavy atom. The Hall–Kier alpha value is -3.64. The number of benzene rings is 3. The van der Waals surface area contributed by atoms with E-state index in [0.717, 1.165) is 15.6 Å². The van der Waals surface area contributed by atoms with Crippen LogP contribution < -0.4 is 15.1 Å². The number of amides is 1. The maximum absolute atomic E-state index is 13.7. The summed E-state index contributed by atoms with van der Waals surface area (Å²) in [6.07, 6.45) is 1.66. The molecule has 0 spiro atoms. The van der Waals surface area contributed by atoms with Gasteiger partial charge >= 0.3 is 0 Å². The molecule has 5 nitrogen and oxygen atoms in total. The first-order valence-corrected chi connectivity index (χ1v) is 11.3. The van der Waals surface area contributed by atoms with E-state index in [-0.39, 0.29) is 17.1 Å². The average molecular weight is 502 g/mol. The topological polar surface area (TPSA) is 59.8 Å². The number of carbonyl (C=O) groups is 1. The molecule has 1 atom stereocenters. The minimum Gasteiger partial charge on any atom is -0.490 e. The van der Waals surface area contributed by atoms with Crippen molar-refractivity contribution in [1.29, 1.82) is 0 Å². The maximum atomic E-state index is 13.7. The lowest BCUT2D eigenvalue weighted by atomic mass is 9.97. The second-order valence-electron chi connectivity index (χ2n) is 7.90. The number of carbonyl (C=O) groups excluding carboxylic acids is 1. The van der Waals surface area contributed by atoms with E-state index in [1.54, 1.807) is 23.1 Å². The van der Waals surface area contributed by atoms with Crippen molar-refractivity contribution in [3.05, 3.63) is 117 Å². The fraction of sp³-hybridized carbons (Fsp3) is 0.111. The number of nitrogens with zero attached hydrogens (tertiary/aromatic N) is 1. The van der Waals surface area contributed by atoms with E-state index in [1.807, 2.05) is 61.5 Å². The monoisotopic (exact) mass is 501 g/mol. The predicted molar refractivity (Wildman–Crippen MR) is 132 cm³/mol. The molecule has 0 N–H and O–H groups in total. The fourth-order valence-electron chi connectivity index (χ4n) is 4.20. The smallest absolute Gasteiger partial charge is 0.295 e. The molecule has 1 aliphatic heterocycles. The first-order chi connectivity index (χ1) is 16.0. The zero-order chi connectivity index (χ0) is 23.1. The largest absolute Gasteiger partial charge is 0.490 e. The van der Waals surface area contributed by atoms with Crippen molar-refractivity contribution < 1.29 is 13.9 Å². The van der Waals surface area contributed by atoms with Gasteiger partial charge in [0, 0.05) is 10.2 Å². The zero-order valence-corrected chi connectivity index (χ0v) is 19.5. The van der Waals surface area contributed by atoms with E-state index in [2.05, 4.69) is 22.5 Å². The summed E-state index contributed by atoms with van der Waals surface area (Å²) in [5.41, 5.74) is 2.90. The van der Waals surface area contributed by atoms with Crippen molar-refractivity contribution in [2.45, 2.75) is 13.0 Å². The van der Waals surface area contributed by atoms with Gasteiger partial charge in [-0.3, -0.25) is 14.5 Å². The van der Waals surface area contributed by atoms with Crippen LogP contribution in [0, 0.1) is 6.92 Å². The summed E-state index contributed by atoms with van der Waals surface area (Å²) < 4.78 is 12.6. The summed E-state index contributed by atoms with van der Waals surface area (Å²) >= 11 is 3.44. The minimum atomic E-state index is -0.651. The predicted octanol–water partition coefficient (Wildman–Crippen LogP) is 6.18. The van der Waals surface area contributed by atoms with Gasteiger partial charge in [-0.2, -0.15) is 0 Å². The van der Waals surface area contributed by atoms with Crippen molar-refractivity contribution in [2.24, 2.45) is 0 Å². The number of aryl methyl sites for hydroxylation is 1. The molecule has 6 heteroatoms. The molecule has 1 aliphatic rings. The molecule has 0 radical (unpaired) electrons. The van der Waals surface area contributed by atoms with Gasteiger partial charge < -0.3 is 9.15 Å². The van der Waals surface area contributed by atoms with Gasteiger partial charge in [0.05, 0.1) is 17.0 Å². The van der Waals surface area contributed by atoms with Crippen molar-refractivity contribution in [3.8, 4) is 5.75 Å². The van der Waals surface area contributed by atoms with Crippen molar-refractivity contribution in [2.75, 3.05) is 11.5 Å². The number of fused-ring (bicyclic) bond motifs is 2. The highest BCUT2D eigenvalue weighted by atomic mass is 79.9. The molecule has 164 valence electrons. The third-order valence-electron chi connectivity index (χ3n) is 5.67. The van der Waals surface area contributed by atoms with Crippen LogP contribution in [0.4, 0.5) is 5.69 Å². The Labute approximate surface area is 199 Å². The van der Waals surface area contributed by atoms with Gasteiger partial charge in [-0.15, -0.1) is 0 Å². The molecule has 0 aliphatic carbocycles. The molecule has 33 heavy (non-hydrogen) atoms. The third-order valence-corrected chi connectivity index (χ3v) is 6.20. The van der Waals surface area contributed by atoms with Gasteiger partial charge in [-0.1, -0.05) is 52.3 Å². The highest BCUT2D eigenvalue weighted by Gasteiger charge is 2.43. The van der Waals surface area contributed by atoms with E-state index < -0.39 is 6.04 Å². The highest BCUT2D eigenvalue weighted by molar-refractivity contribution is 9.10.